The molecular weight excluding hydrogens is 358 g/mol. The van der Waals surface area contributed by atoms with Gasteiger partial charge in [0.05, 0.1) is 16.8 Å². The van der Waals surface area contributed by atoms with Crippen LogP contribution in [0.5, 0.6) is 0 Å². The molecule has 0 bridgehead atoms. The number of nitrogens with zero attached hydrogens (tertiary/aromatic N) is 2. The van der Waals surface area contributed by atoms with Gasteiger partial charge in [0.25, 0.3) is 10.0 Å². The van der Waals surface area contributed by atoms with Crippen LogP contribution in [-0.2, 0) is 23.0 Å². The third-order valence-electron chi connectivity index (χ3n) is 4.30. The van der Waals surface area contributed by atoms with Gasteiger partial charge in [-0.2, -0.15) is 0 Å². The van der Waals surface area contributed by atoms with Crippen molar-refractivity contribution in [3.8, 4) is 0 Å². The quantitative estimate of drug-likeness (QED) is 0.670. The van der Waals surface area contributed by atoms with E-state index in [1.165, 1.54) is 11.8 Å². The Labute approximate surface area is 160 Å². The Balaban J connectivity index is 1.69. The molecule has 0 spiro atoms. The van der Waals surface area contributed by atoms with Gasteiger partial charge in [-0.05, 0) is 41.8 Å². The normalized spacial score (nSPS) is 11.2. The maximum absolute atomic E-state index is 12.5. The van der Waals surface area contributed by atoms with Gasteiger partial charge in [0.2, 0.25) is 0 Å². The number of aromatic nitrogens is 1. The first-order valence-corrected chi connectivity index (χ1v) is 10.3. The van der Waals surface area contributed by atoms with Crippen LogP contribution < -0.4 is 9.62 Å². The fourth-order valence-corrected chi connectivity index (χ4v) is 3.77. The molecule has 27 heavy (non-hydrogen) atoms. The Morgan fingerprint density at radius 1 is 0.926 bits per heavy atom. The van der Waals surface area contributed by atoms with Crippen molar-refractivity contribution in [1.82, 2.24) is 4.98 Å². The zero-order valence-corrected chi connectivity index (χ0v) is 16.3. The molecule has 0 saturated carbocycles. The number of hydrogen-bond donors (Lipinski definition) is 1. The number of benzene rings is 2. The van der Waals surface area contributed by atoms with Crippen LogP contribution in [0.1, 0.15) is 18.1 Å². The van der Waals surface area contributed by atoms with Crippen LogP contribution in [0.3, 0.4) is 0 Å². The summed E-state index contributed by atoms with van der Waals surface area (Å²) in [5.74, 6) is 0.772. The molecule has 140 valence electrons. The SMILES string of the molecule is CCc1ccc(S(=O)(=O)Nc2ccc(N(C)Cc3ccccc3)nc2)cc1. The molecule has 1 N–H and O–H groups in total. The summed E-state index contributed by atoms with van der Waals surface area (Å²) in [6.45, 7) is 2.76. The van der Waals surface area contributed by atoms with Crippen molar-refractivity contribution in [2.75, 3.05) is 16.7 Å². The van der Waals surface area contributed by atoms with E-state index in [0.717, 1.165) is 24.3 Å². The van der Waals surface area contributed by atoms with E-state index in [4.69, 9.17) is 0 Å². The van der Waals surface area contributed by atoms with Crippen LogP contribution in [0, 0.1) is 0 Å². The lowest BCUT2D eigenvalue weighted by Crippen LogP contribution is -2.18. The lowest BCUT2D eigenvalue weighted by molar-refractivity contribution is 0.601. The summed E-state index contributed by atoms with van der Waals surface area (Å²) in [7, 11) is -1.67. The van der Waals surface area contributed by atoms with Crippen molar-refractivity contribution in [3.63, 3.8) is 0 Å². The molecule has 0 amide bonds. The molecule has 0 unspecified atom stereocenters. The first-order valence-electron chi connectivity index (χ1n) is 8.81. The zero-order valence-electron chi connectivity index (χ0n) is 15.5. The van der Waals surface area contributed by atoms with E-state index >= 15 is 0 Å². The minimum atomic E-state index is -3.62. The fraction of sp³-hybridized carbons (Fsp3) is 0.190. The van der Waals surface area contributed by atoms with Gasteiger partial charge in [0, 0.05) is 13.6 Å². The van der Waals surface area contributed by atoms with E-state index in [1.54, 1.807) is 24.3 Å². The van der Waals surface area contributed by atoms with E-state index in [9.17, 15) is 8.42 Å². The maximum Gasteiger partial charge on any atom is 0.261 e. The molecule has 2 aromatic carbocycles. The molecular formula is C21H23N3O2S. The maximum atomic E-state index is 12.5. The highest BCUT2D eigenvalue weighted by Gasteiger charge is 2.14. The van der Waals surface area contributed by atoms with Gasteiger partial charge in [-0.15, -0.1) is 0 Å². The first kappa shape index (κ1) is 18.9. The van der Waals surface area contributed by atoms with Crippen molar-refractivity contribution in [3.05, 3.63) is 84.1 Å². The van der Waals surface area contributed by atoms with Gasteiger partial charge in [0.1, 0.15) is 5.82 Å². The van der Waals surface area contributed by atoms with Gasteiger partial charge in [-0.25, -0.2) is 13.4 Å². The van der Waals surface area contributed by atoms with Crippen molar-refractivity contribution in [2.45, 2.75) is 24.8 Å². The molecule has 3 rings (SSSR count). The molecule has 5 nitrogen and oxygen atoms in total. The minimum Gasteiger partial charge on any atom is -0.355 e. The van der Waals surface area contributed by atoms with Gasteiger partial charge >= 0.3 is 0 Å². The Bertz CT molecular complexity index is 970. The predicted octanol–water partition coefficient (Wildman–Crippen LogP) is 4.08. The number of anilines is 2. The second-order valence-electron chi connectivity index (χ2n) is 6.35. The Kier molecular flexibility index (Phi) is 5.76. The van der Waals surface area contributed by atoms with Crippen molar-refractivity contribution in [2.24, 2.45) is 0 Å². The lowest BCUT2D eigenvalue weighted by Gasteiger charge is -2.18. The number of sulfonamides is 1. The number of hydrogen-bond acceptors (Lipinski definition) is 4. The van der Waals surface area contributed by atoms with E-state index in [2.05, 4.69) is 21.8 Å². The van der Waals surface area contributed by atoms with Gasteiger partial charge < -0.3 is 4.90 Å². The van der Waals surface area contributed by atoms with Crippen LogP contribution >= 0.6 is 0 Å². The van der Waals surface area contributed by atoms with E-state index in [1.807, 2.05) is 49.2 Å². The second-order valence-corrected chi connectivity index (χ2v) is 8.03. The highest BCUT2D eigenvalue weighted by Crippen LogP contribution is 2.19. The third kappa shape index (κ3) is 4.86. The summed E-state index contributed by atoms with van der Waals surface area (Å²) < 4.78 is 27.6. The summed E-state index contributed by atoms with van der Waals surface area (Å²) in [6, 6.07) is 20.5. The first-order chi connectivity index (χ1) is 13.0. The smallest absolute Gasteiger partial charge is 0.261 e. The molecule has 0 radical (unpaired) electrons. The number of pyridine rings is 1. The third-order valence-corrected chi connectivity index (χ3v) is 5.69. The van der Waals surface area contributed by atoms with Crippen LogP contribution in [0.25, 0.3) is 0 Å². The Morgan fingerprint density at radius 2 is 1.63 bits per heavy atom. The zero-order chi connectivity index (χ0) is 19.3. The van der Waals surface area contributed by atoms with Crippen molar-refractivity contribution >= 4 is 21.5 Å². The summed E-state index contributed by atoms with van der Waals surface area (Å²) in [5.41, 5.74) is 2.72. The number of rotatable bonds is 7. The average molecular weight is 382 g/mol. The molecule has 1 aromatic heterocycles. The molecule has 3 aromatic rings. The summed E-state index contributed by atoms with van der Waals surface area (Å²) in [6.07, 6.45) is 2.41. The van der Waals surface area contributed by atoms with E-state index in [0.29, 0.717) is 5.69 Å². The molecule has 0 fully saturated rings. The monoisotopic (exact) mass is 381 g/mol. The number of nitrogens with one attached hydrogen (secondary N) is 1. The summed E-state index contributed by atoms with van der Waals surface area (Å²) in [5, 5.41) is 0. The van der Waals surface area contributed by atoms with Crippen LogP contribution in [0.15, 0.2) is 77.8 Å². The van der Waals surface area contributed by atoms with Gasteiger partial charge in [-0.1, -0.05) is 49.4 Å². The van der Waals surface area contributed by atoms with E-state index in [-0.39, 0.29) is 4.90 Å². The van der Waals surface area contributed by atoms with Crippen molar-refractivity contribution in [1.29, 1.82) is 0 Å². The molecule has 1 heterocycles. The summed E-state index contributed by atoms with van der Waals surface area (Å²) in [4.78, 5) is 6.63. The Hall–Kier alpha value is -2.86. The van der Waals surface area contributed by atoms with Crippen LogP contribution in [0.4, 0.5) is 11.5 Å². The van der Waals surface area contributed by atoms with Crippen LogP contribution in [-0.4, -0.2) is 20.4 Å². The number of aryl methyl sites for hydroxylation is 1. The molecule has 0 saturated heterocycles. The van der Waals surface area contributed by atoms with Crippen LogP contribution in [0.2, 0.25) is 0 Å². The predicted molar refractivity (Wildman–Crippen MR) is 109 cm³/mol. The molecule has 6 heteroatoms. The van der Waals surface area contributed by atoms with Gasteiger partial charge in [-0.3, -0.25) is 4.72 Å². The van der Waals surface area contributed by atoms with E-state index < -0.39 is 10.0 Å². The second kappa shape index (κ2) is 8.22. The standard InChI is InChI=1S/C21H23N3O2S/c1-3-17-9-12-20(13-10-17)27(25,26)23-19-11-14-21(22-15-19)24(2)16-18-7-5-4-6-8-18/h4-15,23H,3,16H2,1-2H3. The van der Waals surface area contributed by atoms with Gasteiger partial charge in [0.15, 0.2) is 0 Å². The Morgan fingerprint density at radius 3 is 2.22 bits per heavy atom. The lowest BCUT2D eigenvalue weighted by atomic mass is 10.2. The molecule has 0 aliphatic carbocycles. The molecule has 0 atom stereocenters. The largest absolute Gasteiger partial charge is 0.355 e. The summed E-state index contributed by atoms with van der Waals surface area (Å²) >= 11 is 0. The topological polar surface area (TPSA) is 62.3 Å². The fourth-order valence-electron chi connectivity index (χ4n) is 2.73. The minimum absolute atomic E-state index is 0.241. The highest BCUT2D eigenvalue weighted by atomic mass is 32.2. The molecule has 0 aliphatic rings. The average Bonchev–Trinajstić information content (AvgIpc) is 2.69. The molecule has 0 aliphatic heterocycles. The van der Waals surface area contributed by atoms with Crippen molar-refractivity contribution < 1.29 is 8.42 Å². The highest BCUT2D eigenvalue weighted by molar-refractivity contribution is 7.92.